The maximum absolute atomic E-state index is 12.9. The van der Waals surface area contributed by atoms with Crippen molar-refractivity contribution in [3.8, 4) is 18.2 Å². The van der Waals surface area contributed by atoms with E-state index in [9.17, 15) is 26.3 Å². The summed E-state index contributed by atoms with van der Waals surface area (Å²) in [6, 6.07) is 3.63. The predicted octanol–water partition coefficient (Wildman–Crippen LogP) is 3.53. The maximum atomic E-state index is 12.9. The van der Waals surface area contributed by atoms with E-state index < -0.39 is 46.6 Å². The average molecular weight is 303 g/mol. The molecule has 0 unspecified atom stereocenters. The van der Waals surface area contributed by atoms with Crippen molar-refractivity contribution in [2.45, 2.75) is 18.8 Å². The van der Waals surface area contributed by atoms with Gasteiger partial charge < -0.3 is 0 Å². The Kier molecular flexibility index (Phi) is 4.15. The van der Waals surface area contributed by atoms with Crippen molar-refractivity contribution in [3.63, 3.8) is 0 Å². The standard InChI is InChI=1S/C12H3F6N3/c13-11(14,15)9-6(4-20)3-7(5-21)10(12(16,17)18)8(9)1-2-19/h3H,1H2. The fourth-order valence-electron chi connectivity index (χ4n) is 1.82. The van der Waals surface area contributed by atoms with Gasteiger partial charge in [0.05, 0.1) is 46.9 Å². The Morgan fingerprint density at radius 1 is 0.810 bits per heavy atom. The van der Waals surface area contributed by atoms with Crippen LogP contribution in [0, 0.1) is 34.0 Å². The Morgan fingerprint density at radius 2 is 1.19 bits per heavy atom. The molecule has 0 radical (unpaired) electrons. The normalized spacial score (nSPS) is 11.4. The summed E-state index contributed by atoms with van der Waals surface area (Å²) in [5.74, 6) is 0. The second-order valence-corrected chi connectivity index (χ2v) is 3.75. The molecular formula is C12H3F6N3. The molecule has 0 aliphatic heterocycles. The zero-order chi connectivity index (χ0) is 16.4. The van der Waals surface area contributed by atoms with Gasteiger partial charge in [0, 0.05) is 0 Å². The van der Waals surface area contributed by atoms with Crippen molar-refractivity contribution in [2.24, 2.45) is 0 Å². The van der Waals surface area contributed by atoms with Gasteiger partial charge in [-0.15, -0.1) is 0 Å². The van der Waals surface area contributed by atoms with E-state index in [1.165, 1.54) is 6.07 Å². The SMILES string of the molecule is N#CCc1c(C(F)(F)F)c(C#N)cc(C#N)c1C(F)(F)F. The van der Waals surface area contributed by atoms with Crippen LogP contribution in [0.4, 0.5) is 26.3 Å². The number of hydrogen-bond acceptors (Lipinski definition) is 3. The lowest BCUT2D eigenvalue weighted by Gasteiger charge is -2.19. The number of hydrogen-bond donors (Lipinski definition) is 0. The average Bonchev–Trinajstić information content (AvgIpc) is 2.34. The molecule has 3 nitrogen and oxygen atoms in total. The molecule has 0 N–H and O–H groups in total. The third-order valence-corrected chi connectivity index (χ3v) is 2.49. The number of nitriles is 3. The number of halogens is 6. The van der Waals surface area contributed by atoms with E-state index in [-0.39, 0.29) is 6.07 Å². The van der Waals surface area contributed by atoms with Crippen LogP contribution in [-0.2, 0) is 18.8 Å². The van der Waals surface area contributed by atoms with Crippen LogP contribution in [0.3, 0.4) is 0 Å². The smallest absolute Gasteiger partial charge is 0.198 e. The van der Waals surface area contributed by atoms with Crippen molar-refractivity contribution in [1.82, 2.24) is 0 Å². The molecule has 0 spiro atoms. The van der Waals surface area contributed by atoms with E-state index in [1.807, 2.05) is 0 Å². The van der Waals surface area contributed by atoms with Gasteiger partial charge in [0.25, 0.3) is 0 Å². The van der Waals surface area contributed by atoms with Gasteiger partial charge in [-0.1, -0.05) is 0 Å². The molecule has 9 heteroatoms. The minimum absolute atomic E-state index is 0.229. The molecule has 0 amide bonds. The highest BCUT2D eigenvalue weighted by Gasteiger charge is 2.44. The minimum Gasteiger partial charge on any atom is -0.198 e. The van der Waals surface area contributed by atoms with E-state index in [2.05, 4.69) is 0 Å². The number of rotatable bonds is 1. The summed E-state index contributed by atoms with van der Waals surface area (Å²) < 4.78 is 77.5. The summed E-state index contributed by atoms with van der Waals surface area (Å²) in [5.41, 5.74) is -7.33. The van der Waals surface area contributed by atoms with Gasteiger partial charge in [0.2, 0.25) is 0 Å². The topological polar surface area (TPSA) is 71.4 Å². The number of benzene rings is 1. The number of alkyl halides is 6. The molecule has 0 saturated heterocycles. The highest BCUT2D eigenvalue weighted by molar-refractivity contribution is 5.57. The van der Waals surface area contributed by atoms with Crippen LogP contribution in [0.5, 0.6) is 0 Å². The van der Waals surface area contributed by atoms with E-state index in [1.54, 1.807) is 0 Å². The van der Waals surface area contributed by atoms with Gasteiger partial charge in [0.1, 0.15) is 0 Å². The third-order valence-electron chi connectivity index (χ3n) is 2.49. The zero-order valence-corrected chi connectivity index (χ0v) is 9.89. The van der Waals surface area contributed by atoms with Gasteiger partial charge in [-0.05, 0) is 11.6 Å². The van der Waals surface area contributed by atoms with Crippen LogP contribution in [0.1, 0.15) is 27.8 Å². The molecule has 0 atom stereocenters. The third kappa shape index (κ3) is 3.06. The van der Waals surface area contributed by atoms with Gasteiger partial charge in [-0.2, -0.15) is 42.1 Å². The van der Waals surface area contributed by atoms with Crippen LogP contribution in [0.15, 0.2) is 6.07 Å². The molecule has 1 rings (SSSR count). The fraction of sp³-hybridized carbons (Fsp3) is 0.250. The fourth-order valence-corrected chi connectivity index (χ4v) is 1.82. The molecule has 0 aromatic heterocycles. The van der Waals surface area contributed by atoms with E-state index in [4.69, 9.17) is 15.8 Å². The summed E-state index contributed by atoms with van der Waals surface area (Å²) in [4.78, 5) is 0. The molecule has 1 aromatic carbocycles. The molecule has 108 valence electrons. The molecule has 0 fully saturated rings. The first-order valence-electron chi connectivity index (χ1n) is 5.09. The summed E-state index contributed by atoms with van der Waals surface area (Å²) in [6.45, 7) is 0. The summed E-state index contributed by atoms with van der Waals surface area (Å²) >= 11 is 0. The first kappa shape index (κ1) is 16.3. The summed E-state index contributed by atoms with van der Waals surface area (Å²) in [6.07, 6.45) is -11.7. The van der Waals surface area contributed by atoms with Crippen molar-refractivity contribution in [2.75, 3.05) is 0 Å². The molecule has 0 aliphatic carbocycles. The van der Waals surface area contributed by atoms with Crippen LogP contribution < -0.4 is 0 Å². The van der Waals surface area contributed by atoms with Gasteiger partial charge in [-0.25, -0.2) is 0 Å². The summed E-state index contributed by atoms with van der Waals surface area (Å²) in [7, 11) is 0. The van der Waals surface area contributed by atoms with E-state index >= 15 is 0 Å². The highest BCUT2D eigenvalue weighted by atomic mass is 19.4. The van der Waals surface area contributed by atoms with E-state index in [0.29, 0.717) is 0 Å². The molecular weight excluding hydrogens is 300 g/mol. The number of nitrogens with zero attached hydrogens (tertiary/aromatic N) is 3. The lowest BCUT2D eigenvalue weighted by atomic mass is 9.90. The van der Waals surface area contributed by atoms with Crippen LogP contribution in [0.25, 0.3) is 0 Å². The molecule has 0 aliphatic rings. The van der Waals surface area contributed by atoms with Gasteiger partial charge in [-0.3, -0.25) is 0 Å². The Morgan fingerprint density at radius 3 is 1.43 bits per heavy atom. The highest BCUT2D eigenvalue weighted by Crippen LogP contribution is 2.43. The van der Waals surface area contributed by atoms with Crippen LogP contribution in [-0.4, -0.2) is 0 Å². The predicted molar refractivity (Wildman–Crippen MR) is 55.2 cm³/mol. The molecule has 0 saturated carbocycles. The Hall–Kier alpha value is -2.73. The molecule has 21 heavy (non-hydrogen) atoms. The molecule has 1 aromatic rings. The minimum atomic E-state index is -5.26. The first-order chi connectivity index (χ1) is 9.57. The van der Waals surface area contributed by atoms with Crippen LogP contribution >= 0.6 is 0 Å². The van der Waals surface area contributed by atoms with E-state index in [0.717, 1.165) is 12.1 Å². The van der Waals surface area contributed by atoms with Crippen molar-refractivity contribution in [3.05, 3.63) is 33.9 Å². The maximum Gasteiger partial charge on any atom is 0.418 e. The summed E-state index contributed by atoms with van der Waals surface area (Å²) in [5, 5.41) is 25.8. The molecule has 0 bridgehead atoms. The first-order valence-corrected chi connectivity index (χ1v) is 5.09. The quantitative estimate of drug-likeness (QED) is 0.745. The van der Waals surface area contributed by atoms with Crippen molar-refractivity contribution in [1.29, 1.82) is 15.8 Å². The Balaban J connectivity index is 4.03. The Labute approximate surface area is 114 Å². The monoisotopic (exact) mass is 303 g/mol. The molecule has 0 heterocycles. The zero-order valence-electron chi connectivity index (χ0n) is 9.89. The van der Waals surface area contributed by atoms with Gasteiger partial charge >= 0.3 is 12.4 Å². The second kappa shape index (κ2) is 5.34. The van der Waals surface area contributed by atoms with Crippen molar-refractivity contribution >= 4 is 0 Å². The van der Waals surface area contributed by atoms with Crippen molar-refractivity contribution < 1.29 is 26.3 Å². The van der Waals surface area contributed by atoms with Gasteiger partial charge in [0.15, 0.2) is 0 Å². The Bertz CT molecular complexity index is 644. The second-order valence-electron chi connectivity index (χ2n) is 3.75. The van der Waals surface area contributed by atoms with Crippen LogP contribution in [0.2, 0.25) is 0 Å². The lowest BCUT2D eigenvalue weighted by molar-refractivity contribution is -0.144. The largest absolute Gasteiger partial charge is 0.418 e. The lowest BCUT2D eigenvalue weighted by Crippen LogP contribution is -2.20.